The van der Waals surface area contributed by atoms with Gasteiger partial charge in [0, 0.05) is 13.0 Å². The molecule has 0 aliphatic carbocycles. The first-order valence-electron chi connectivity index (χ1n) is 8.49. The van der Waals surface area contributed by atoms with Gasteiger partial charge in [0.25, 0.3) is 5.91 Å². The van der Waals surface area contributed by atoms with E-state index in [9.17, 15) is 9.59 Å². The fraction of sp³-hybridized carbons (Fsp3) is 0.300. The van der Waals surface area contributed by atoms with Gasteiger partial charge in [0.05, 0.1) is 12.8 Å². The summed E-state index contributed by atoms with van der Waals surface area (Å²) in [7, 11) is 1.56. The first-order chi connectivity index (χ1) is 12.2. The van der Waals surface area contributed by atoms with Gasteiger partial charge in [0.15, 0.2) is 0 Å². The molecule has 1 fully saturated rings. The first kappa shape index (κ1) is 17.0. The van der Waals surface area contributed by atoms with Crippen LogP contribution >= 0.6 is 0 Å². The predicted octanol–water partition coefficient (Wildman–Crippen LogP) is 3.39. The van der Waals surface area contributed by atoms with E-state index in [1.807, 2.05) is 42.5 Å². The van der Waals surface area contributed by atoms with Gasteiger partial charge in [-0.1, -0.05) is 42.5 Å². The molecule has 130 valence electrons. The Bertz CT molecular complexity index is 746. The van der Waals surface area contributed by atoms with Crippen molar-refractivity contribution in [3.8, 4) is 5.75 Å². The number of para-hydroxylation sites is 2. The smallest absolute Gasteiger partial charge is 0.251 e. The molecule has 1 unspecified atom stereocenters. The summed E-state index contributed by atoms with van der Waals surface area (Å²) in [4.78, 5) is 27.2. The SMILES string of the molecule is COc1ccccc1NC(=O)C(c1ccccc1)N1CCCCC1=O. The number of carbonyl (C=O) groups is 2. The van der Waals surface area contributed by atoms with Gasteiger partial charge in [-0.2, -0.15) is 0 Å². The lowest BCUT2D eigenvalue weighted by Crippen LogP contribution is -2.43. The highest BCUT2D eigenvalue weighted by Crippen LogP contribution is 2.29. The second-order valence-electron chi connectivity index (χ2n) is 6.05. The van der Waals surface area contributed by atoms with E-state index in [0.29, 0.717) is 24.4 Å². The quantitative estimate of drug-likeness (QED) is 0.909. The summed E-state index contributed by atoms with van der Waals surface area (Å²) in [6.45, 7) is 0.595. The molecule has 0 spiro atoms. The van der Waals surface area contributed by atoms with Crippen molar-refractivity contribution < 1.29 is 14.3 Å². The lowest BCUT2D eigenvalue weighted by atomic mass is 10.0. The first-order valence-corrected chi connectivity index (χ1v) is 8.49. The van der Waals surface area contributed by atoms with Crippen molar-refractivity contribution in [3.63, 3.8) is 0 Å². The summed E-state index contributed by atoms with van der Waals surface area (Å²) >= 11 is 0. The largest absolute Gasteiger partial charge is 0.495 e. The van der Waals surface area contributed by atoms with E-state index >= 15 is 0 Å². The van der Waals surface area contributed by atoms with Crippen molar-refractivity contribution in [2.24, 2.45) is 0 Å². The topological polar surface area (TPSA) is 58.6 Å². The van der Waals surface area contributed by atoms with E-state index in [4.69, 9.17) is 4.74 Å². The van der Waals surface area contributed by atoms with E-state index in [1.165, 1.54) is 0 Å². The van der Waals surface area contributed by atoms with Crippen molar-refractivity contribution >= 4 is 17.5 Å². The molecule has 1 aliphatic heterocycles. The summed E-state index contributed by atoms with van der Waals surface area (Å²) in [5.74, 6) is 0.383. The zero-order valence-electron chi connectivity index (χ0n) is 14.3. The number of carbonyl (C=O) groups excluding carboxylic acids is 2. The number of hydrogen-bond donors (Lipinski definition) is 1. The minimum absolute atomic E-state index is 0.0234. The van der Waals surface area contributed by atoms with E-state index < -0.39 is 6.04 Å². The molecular formula is C20H22N2O3. The van der Waals surface area contributed by atoms with E-state index in [1.54, 1.807) is 24.1 Å². The van der Waals surface area contributed by atoms with Crippen molar-refractivity contribution in [1.29, 1.82) is 0 Å². The molecule has 0 bridgehead atoms. The van der Waals surface area contributed by atoms with Crippen molar-refractivity contribution in [1.82, 2.24) is 4.90 Å². The Morgan fingerprint density at radius 2 is 1.80 bits per heavy atom. The second kappa shape index (κ2) is 7.83. The molecule has 5 nitrogen and oxygen atoms in total. The Morgan fingerprint density at radius 1 is 1.08 bits per heavy atom. The van der Waals surface area contributed by atoms with Crippen molar-refractivity contribution in [3.05, 3.63) is 60.2 Å². The molecular weight excluding hydrogens is 316 g/mol. The van der Waals surface area contributed by atoms with E-state index in [0.717, 1.165) is 18.4 Å². The van der Waals surface area contributed by atoms with Gasteiger partial charge in [-0.25, -0.2) is 0 Å². The molecule has 3 rings (SSSR count). The van der Waals surface area contributed by atoms with Gasteiger partial charge in [-0.15, -0.1) is 0 Å². The molecule has 1 atom stereocenters. The molecule has 5 heteroatoms. The average molecular weight is 338 g/mol. The maximum atomic E-state index is 13.1. The summed E-state index contributed by atoms with van der Waals surface area (Å²) < 4.78 is 5.30. The normalized spacial score (nSPS) is 15.6. The van der Waals surface area contributed by atoms with E-state index in [2.05, 4.69) is 5.32 Å². The van der Waals surface area contributed by atoms with Crippen LogP contribution < -0.4 is 10.1 Å². The van der Waals surface area contributed by atoms with E-state index in [-0.39, 0.29) is 11.8 Å². The van der Waals surface area contributed by atoms with Gasteiger partial charge < -0.3 is 15.0 Å². The minimum Gasteiger partial charge on any atom is -0.495 e. The van der Waals surface area contributed by atoms with Crippen LogP contribution in [-0.2, 0) is 9.59 Å². The number of anilines is 1. The fourth-order valence-electron chi connectivity index (χ4n) is 3.16. The molecule has 0 aromatic heterocycles. The molecule has 1 aliphatic rings. The van der Waals surface area contributed by atoms with Crippen molar-refractivity contribution in [2.45, 2.75) is 25.3 Å². The monoisotopic (exact) mass is 338 g/mol. The summed E-state index contributed by atoms with van der Waals surface area (Å²) in [5, 5.41) is 2.92. The molecule has 2 amide bonds. The van der Waals surface area contributed by atoms with Crippen LogP contribution in [0.15, 0.2) is 54.6 Å². The van der Waals surface area contributed by atoms with Crippen LogP contribution in [0, 0.1) is 0 Å². The second-order valence-corrected chi connectivity index (χ2v) is 6.05. The van der Waals surface area contributed by atoms with Crippen LogP contribution in [0.25, 0.3) is 0 Å². The highest BCUT2D eigenvalue weighted by Gasteiger charge is 2.32. The van der Waals surface area contributed by atoms with Gasteiger partial charge in [0.1, 0.15) is 11.8 Å². The highest BCUT2D eigenvalue weighted by atomic mass is 16.5. The summed E-state index contributed by atoms with van der Waals surface area (Å²) in [5.41, 5.74) is 1.41. The molecule has 0 radical (unpaired) electrons. The maximum Gasteiger partial charge on any atom is 0.251 e. The van der Waals surface area contributed by atoms with Gasteiger partial charge >= 0.3 is 0 Å². The minimum atomic E-state index is -0.640. The third kappa shape index (κ3) is 3.82. The lowest BCUT2D eigenvalue weighted by molar-refractivity contribution is -0.141. The predicted molar refractivity (Wildman–Crippen MR) is 96.4 cm³/mol. The van der Waals surface area contributed by atoms with Crippen LogP contribution in [0.2, 0.25) is 0 Å². The molecule has 0 saturated carbocycles. The third-order valence-corrected chi connectivity index (χ3v) is 4.40. The van der Waals surface area contributed by atoms with Crippen LogP contribution in [-0.4, -0.2) is 30.4 Å². The lowest BCUT2D eigenvalue weighted by Gasteiger charge is -2.34. The fourth-order valence-corrected chi connectivity index (χ4v) is 3.16. The number of nitrogens with one attached hydrogen (secondary N) is 1. The summed E-state index contributed by atoms with van der Waals surface area (Å²) in [6.07, 6.45) is 2.28. The molecule has 1 saturated heterocycles. The number of amides is 2. The molecule has 1 N–H and O–H groups in total. The number of nitrogens with zero attached hydrogens (tertiary/aromatic N) is 1. The van der Waals surface area contributed by atoms with Crippen LogP contribution in [0.4, 0.5) is 5.69 Å². The zero-order valence-corrected chi connectivity index (χ0v) is 14.3. The Balaban J connectivity index is 1.91. The Hall–Kier alpha value is -2.82. The van der Waals surface area contributed by atoms with Gasteiger partial charge in [-0.3, -0.25) is 9.59 Å². The number of hydrogen-bond acceptors (Lipinski definition) is 3. The van der Waals surface area contributed by atoms with Crippen LogP contribution in [0.3, 0.4) is 0 Å². The number of ether oxygens (including phenoxy) is 1. The number of likely N-dealkylation sites (tertiary alicyclic amines) is 1. The number of benzene rings is 2. The number of piperidine rings is 1. The van der Waals surface area contributed by atoms with Gasteiger partial charge in [-0.05, 0) is 30.5 Å². The highest BCUT2D eigenvalue weighted by molar-refractivity contribution is 5.99. The number of methoxy groups -OCH3 is 1. The molecule has 1 heterocycles. The average Bonchev–Trinajstić information content (AvgIpc) is 2.65. The molecule has 25 heavy (non-hydrogen) atoms. The standard InChI is InChI=1S/C20H22N2O3/c1-25-17-12-6-5-11-16(17)21-20(24)19(15-9-3-2-4-10-15)22-14-8-7-13-18(22)23/h2-6,9-12,19H,7-8,13-14H2,1H3,(H,21,24). The van der Waals surface area contributed by atoms with Crippen molar-refractivity contribution in [2.75, 3.05) is 19.0 Å². The molecule has 2 aromatic carbocycles. The van der Waals surface area contributed by atoms with Crippen LogP contribution in [0.5, 0.6) is 5.75 Å². The maximum absolute atomic E-state index is 13.1. The van der Waals surface area contributed by atoms with Crippen LogP contribution in [0.1, 0.15) is 30.9 Å². The molecule has 2 aromatic rings. The van der Waals surface area contributed by atoms with Gasteiger partial charge in [0.2, 0.25) is 5.91 Å². The zero-order chi connectivity index (χ0) is 17.6. The Labute approximate surface area is 147 Å². The third-order valence-electron chi connectivity index (χ3n) is 4.40. The number of rotatable bonds is 5. The Morgan fingerprint density at radius 3 is 2.52 bits per heavy atom. The Kier molecular flexibility index (Phi) is 5.33. The summed E-state index contributed by atoms with van der Waals surface area (Å²) in [6, 6.07) is 16.0.